The monoisotopic (exact) mass is 910 g/mol. The smallest absolute Gasteiger partial charge is 0.329 e. The van der Waals surface area contributed by atoms with Crippen molar-refractivity contribution in [3.8, 4) is 5.75 Å². The SMILES string of the molecule is CCC(C)[C@@H]1NC(=O)[C@H](Cc2ccc(O)cc2)N(C)C(=O)[C@@H](C(C)CC)N2C=CC[C@H](NC(=O)[C@H](CC(C)C)NC(=O)[C@@H](NC(=O)[C@H](CCC(N)=O)CC(=O)C(C)C)[C@@H](C)OC1=O)C2=O. The maximum atomic E-state index is 14.8. The number of hydrogen-bond donors (Lipinski definition) is 6. The minimum absolute atomic E-state index is 0.0188. The lowest BCUT2D eigenvalue weighted by atomic mass is 9.91. The van der Waals surface area contributed by atoms with Gasteiger partial charge in [0.25, 0.3) is 0 Å². The van der Waals surface area contributed by atoms with E-state index in [0.29, 0.717) is 18.4 Å². The summed E-state index contributed by atoms with van der Waals surface area (Å²) < 4.78 is 5.93. The van der Waals surface area contributed by atoms with Gasteiger partial charge < -0.3 is 46.6 Å². The summed E-state index contributed by atoms with van der Waals surface area (Å²) in [6.45, 7) is 15.5. The van der Waals surface area contributed by atoms with E-state index in [4.69, 9.17) is 10.5 Å². The molecule has 0 radical (unpaired) electrons. The molecular formula is C47H71N7O11. The van der Waals surface area contributed by atoms with Crippen molar-refractivity contribution in [3.63, 3.8) is 0 Å². The highest BCUT2D eigenvalue weighted by molar-refractivity contribution is 5.98. The molecule has 0 spiro atoms. The first kappa shape index (κ1) is 53.5. The highest BCUT2D eigenvalue weighted by Crippen LogP contribution is 2.25. The molecule has 7 N–H and O–H groups in total. The number of esters is 1. The topological polar surface area (TPSA) is 264 Å². The van der Waals surface area contributed by atoms with Crippen LogP contribution in [0.2, 0.25) is 0 Å². The lowest BCUT2D eigenvalue weighted by Gasteiger charge is -2.40. The number of cyclic esters (lactones) is 1. The highest BCUT2D eigenvalue weighted by atomic mass is 16.5. The lowest BCUT2D eigenvalue weighted by molar-refractivity contribution is -0.158. The highest BCUT2D eigenvalue weighted by Gasteiger charge is 2.44. The van der Waals surface area contributed by atoms with Crippen LogP contribution in [0.3, 0.4) is 0 Å². The fourth-order valence-electron chi connectivity index (χ4n) is 7.77. The molecule has 7 amide bonds. The number of phenolic OH excluding ortho intramolecular Hbond substituents is 1. The van der Waals surface area contributed by atoms with Gasteiger partial charge in [0.1, 0.15) is 53.9 Å². The van der Waals surface area contributed by atoms with Gasteiger partial charge in [-0.1, -0.05) is 86.4 Å². The van der Waals surface area contributed by atoms with Crippen LogP contribution in [-0.4, -0.2) is 117 Å². The number of likely N-dealkylation sites (N-methyl/N-ethyl adjacent to an activating group) is 1. The summed E-state index contributed by atoms with van der Waals surface area (Å²) in [5.74, 6) is -9.08. The summed E-state index contributed by atoms with van der Waals surface area (Å²) in [5.41, 5.74) is 5.97. The Bertz CT molecular complexity index is 1920. The van der Waals surface area contributed by atoms with E-state index >= 15 is 0 Å². The molecule has 18 nitrogen and oxygen atoms in total. The van der Waals surface area contributed by atoms with Crippen molar-refractivity contribution in [2.45, 2.75) is 156 Å². The van der Waals surface area contributed by atoms with Crippen LogP contribution < -0.4 is 27.0 Å². The third kappa shape index (κ3) is 14.9. The Morgan fingerprint density at radius 2 is 1.51 bits per heavy atom. The molecule has 18 heteroatoms. The Hall–Kier alpha value is -5.81. The number of nitrogens with zero attached hydrogens (tertiary/aromatic N) is 2. The summed E-state index contributed by atoms with van der Waals surface area (Å²) in [6, 6.07) is -1.77. The predicted molar refractivity (Wildman–Crippen MR) is 241 cm³/mol. The number of phenols is 1. The van der Waals surface area contributed by atoms with Crippen LogP contribution in [0.4, 0.5) is 0 Å². The summed E-state index contributed by atoms with van der Waals surface area (Å²) in [6.07, 6.45) is 1.96. The molecular weight excluding hydrogens is 839 g/mol. The van der Waals surface area contributed by atoms with Crippen LogP contribution in [0.5, 0.6) is 5.75 Å². The number of amides is 7. The van der Waals surface area contributed by atoms with Crippen molar-refractivity contribution in [2.24, 2.45) is 35.3 Å². The summed E-state index contributed by atoms with van der Waals surface area (Å²) in [4.78, 5) is 128. The van der Waals surface area contributed by atoms with Gasteiger partial charge in [-0.15, -0.1) is 0 Å². The second-order valence-corrected chi connectivity index (χ2v) is 18.3. The van der Waals surface area contributed by atoms with Crippen molar-refractivity contribution >= 4 is 53.1 Å². The molecule has 65 heavy (non-hydrogen) atoms. The van der Waals surface area contributed by atoms with E-state index < -0.39 is 113 Å². The maximum Gasteiger partial charge on any atom is 0.329 e. The van der Waals surface area contributed by atoms with Crippen molar-refractivity contribution in [1.82, 2.24) is 31.1 Å². The van der Waals surface area contributed by atoms with Crippen LogP contribution in [-0.2, 0) is 54.3 Å². The van der Waals surface area contributed by atoms with Gasteiger partial charge in [-0.05, 0) is 61.6 Å². The molecule has 2 aliphatic heterocycles. The van der Waals surface area contributed by atoms with Crippen LogP contribution >= 0.6 is 0 Å². The second-order valence-electron chi connectivity index (χ2n) is 18.3. The van der Waals surface area contributed by atoms with Gasteiger partial charge in [0.05, 0.1) is 0 Å². The number of benzene rings is 1. The van der Waals surface area contributed by atoms with Crippen molar-refractivity contribution < 1.29 is 53.0 Å². The number of carbonyl (C=O) groups is 9. The standard InChI is InChI=1S/C47H71N7O11/c1-11-27(7)38-47(64)65-29(9)39(52-41(58)31(17-20-37(48)57)24-36(56)26(5)6)44(61)50-34(22-25(3)4)42(59)49-33-14-13-21-54(45(33)62)40(28(8)12-2)46(63)53(10)35(43(60)51-38)23-30-15-18-32(55)19-16-30/h13,15-16,18-19,21,25-29,31,33-35,38-40,55H,11-12,14,17,20,22-24H2,1-10H3,(H2,48,57)(H,49,59)(H,50,61)(H,51,60)(H,52,58)/t27?,28?,29-,31-,33+,34+,35+,38+,39+,40-/m1/s1. The molecule has 3 rings (SSSR count). The molecule has 2 unspecified atom stereocenters. The van der Waals surface area contributed by atoms with E-state index in [2.05, 4.69) is 21.3 Å². The molecule has 1 aromatic carbocycles. The molecule has 0 aliphatic carbocycles. The van der Waals surface area contributed by atoms with Crippen molar-refractivity contribution in [2.75, 3.05) is 7.05 Å². The van der Waals surface area contributed by atoms with E-state index in [1.807, 2.05) is 20.8 Å². The molecule has 360 valence electrons. The lowest BCUT2D eigenvalue weighted by Crippen LogP contribution is -2.62. The quantitative estimate of drug-likeness (QED) is 0.131. The van der Waals surface area contributed by atoms with E-state index in [1.54, 1.807) is 52.8 Å². The van der Waals surface area contributed by atoms with Crippen LogP contribution in [0.15, 0.2) is 36.5 Å². The van der Waals surface area contributed by atoms with Gasteiger partial charge in [0, 0.05) is 44.3 Å². The molecule has 1 aromatic rings. The maximum absolute atomic E-state index is 14.8. The largest absolute Gasteiger partial charge is 0.508 e. The molecule has 0 aromatic heterocycles. The fourth-order valence-corrected chi connectivity index (χ4v) is 7.77. The number of Topliss-reactive ketones (excluding diaryl/α,β-unsaturated/α-hetero) is 1. The molecule has 0 saturated carbocycles. The molecule has 10 atom stereocenters. The van der Waals surface area contributed by atoms with E-state index in [1.165, 1.54) is 42.1 Å². The molecule has 1 fully saturated rings. The van der Waals surface area contributed by atoms with Gasteiger partial charge in [-0.25, -0.2) is 4.79 Å². The van der Waals surface area contributed by atoms with Gasteiger partial charge in [-0.3, -0.25) is 38.4 Å². The number of primary amides is 1. The number of ketones is 1. The Balaban J connectivity index is 2.25. The minimum atomic E-state index is -1.67. The normalized spacial score (nSPS) is 25.3. The number of carbonyl (C=O) groups excluding carboxylic acids is 9. The van der Waals surface area contributed by atoms with Gasteiger partial charge in [0.15, 0.2) is 0 Å². The minimum Gasteiger partial charge on any atom is -0.508 e. The Morgan fingerprint density at radius 3 is 2.08 bits per heavy atom. The summed E-state index contributed by atoms with van der Waals surface area (Å²) >= 11 is 0. The van der Waals surface area contributed by atoms with Crippen molar-refractivity contribution in [1.29, 1.82) is 0 Å². The first-order valence-electron chi connectivity index (χ1n) is 22.8. The molecule has 2 bridgehead atoms. The number of ether oxygens (including phenoxy) is 1. The van der Waals surface area contributed by atoms with Gasteiger partial charge in [0.2, 0.25) is 41.4 Å². The van der Waals surface area contributed by atoms with Crippen LogP contribution in [0.1, 0.15) is 113 Å². The number of aromatic hydroxyl groups is 1. The number of nitrogens with two attached hydrogens (primary N) is 1. The number of rotatable bonds is 16. The Morgan fingerprint density at radius 1 is 0.877 bits per heavy atom. The number of fused-ring (bicyclic) bond motifs is 2. The zero-order valence-electron chi connectivity index (χ0n) is 39.6. The average Bonchev–Trinajstić information content (AvgIpc) is 3.25. The zero-order valence-corrected chi connectivity index (χ0v) is 39.6. The second kappa shape index (κ2) is 24.5. The van der Waals surface area contributed by atoms with Gasteiger partial charge in [-0.2, -0.15) is 0 Å². The first-order valence-corrected chi connectivity index (χ1v) is 22.8. The molecule has 1 saturated heterocycles. The third-order valence-electron chi connectivity index (χ3n) is 12.4. The molecule has 2 heterocycles. The molecule has 2 aliphatic rings. The summed E-state index contributed by atoms with van der Waals surface area (Å²) in [7, 11) is 1.44. The fraction of sp³-hybridized carbons (Fsp3) is 0.638. The van der Waals surface area contributed by atoms with E-state index in [0.717, 1.165) is 0 Å². The zero-order chi connectivity index (χ0) is 48.9. The first-order chi connectivity index (χ1) is 30.5. The number of nitrogens with one attached hydrogen (secondary N) is 4. The van der Waals surface area contributed by atoms with Crippen molar-refractivity contribution in [3.05, 3.63) is 42.1 Å². The Kier molecular flexibility index (Phi) is 20.2. The predicted octanol–water partition coefficient (Wildman–Crippen LogP) is 2.40. The average molecular weight is 910 g/mol. The third-order valence-corrected chi connectivity index (χ3v) is 12.4. The van der Waals surface area contributed by atoms with E-state index in [9.17, 15) is 48.3 Å². The van der Waals surface area contributed by atoms with Gasteiger partial charge >= 0.3 is 5.97 Å². The van der Waals surface area contributed by atoms with Crippen LogP contribution in [0.25, 0.3) is 0 Å². The number of hydrogen-bond acceptors (Lipinski definition) is 11. The van der Waals surface area contributed by atoms with Crippen LogP contribution in [0, 0.1) is 29.6 Å². The van der Waals surface area contributed by atoms with E-state index in [-0.39, 0.29) is 56.0 Å². The Labute approximate surface area is 382 Å². The summed E-state index contributed by atoms with van der Waals surface area (Å²) in [5, 5.41) is 20.9.